The largest absolute Gasteiger partial charge is 0.416 e. The summed E-state index contributed by atoms with van der Waals surface area (Å²) in [5.41, 5.74) is 5.76. The lowest BCUT2D eigenvalue weighted by molar-refractivity contribution is -0.137. The summed E-state index contributed by atoms with van der Waals surface area (Å²) in [4.78, 5) is 12.1. The number of hydrogen-bond donors (Lipinski definition) is 2. The smallest absolute Gasteiger partial charge is 0.353 e. The predicted octanol–water partition coefficient (Wildman–Crippen LogP) is 3.86. The molecule has 2 rings (SSSR count). The Morgan fingerprint density at radius 3 is 2.46 bits per heavy atom. The van der Waals surface area contributed by atoms with Gasteiger partial charge in [-0.05, 0) is 48.9 Å². The van der Waals surface area contributed by atoms with Crippen LogP contribution >= 0.6 is 12.4 Å². The van der Waals surface area contributed by atoms with Crippen LogP contribution in [0.2, 0.25) is 0 Å². The summed E-state index contributed by atoms with van der Waals surface area (Å²) < 4.78 is 37.7. The van der Waals surface area contributed by atoms with E-state index in [1.807, 2.05) is 6.92 Å². The molecule has 1 fully saturated rings. The van der Waals surface area contributed by atoms with Crippen LogP contribution < -0.4 is 11.1 Å². The summed E-state index contributed by atoms with van der Waals surface area (Å²) in [7, 11) is 0. The molecule has 3 N–H and O–H groups in total. The number of carbonyl (C=O) groups excluding carboxylic acids is 1. The average molecular weight is 365 g/mol. The van der Waals surface area contributed by atoms with Gasteiger partial charge < -0.3 is 11.1 Å². The molecule has 1 aromatic rings. The van der Waals surface area contributed by atoms with E-state index in [1.54, 1.807) is 0 Å². The van der Waals surface area contributed by atoms with Crippen molar-refractivity contribution in [3.05, 3.63) is 35.4 Å². The molecule has 7 heteroatoms. The summed E-state index contributed by atoms with van der Waals surface area (Å²) >= 11 is 0. The number of benzene rings is 1. The molecule has 24 heavy (non-hydrogen) atoms. The van der Waals surface area contributed by atoms with Crippen molar-refractivity contribution in [3.63, 3.8) is 0 Å². The van der Waals surface area contributed by atoms with Crippen molar-refractivity contribution in [1.82, 2.24) is 5.32 Å². The third-order valence-corrected chi connectivity index (χ3v) is 4.61. The molecule has 1 aliphatic rings. The van der Waals surface area contributed by atoms with E-state index in [4.69, 9.17) is 5.73 Å². The van der Waals surface area contributed by atoms with Crippen molar-refractivity contribution in [2.75, 3.05) is 6.54 Å². The lowest BCUT2D eigenvalue weighted by Crippen LogP contribution is -2.40. The highest BCUT2D eigenvalue weighted by Gasteiger charge is 2.30. The van der Waals surface area contributed by atoms with Gasteiger partial charge in [0.1, 0.15) is 0 Å². The zero-order valence-corrected chi connectivity index (χ0v) is 14.4. The number of halogens is 4. The molecule has 136 valence electrons. The van der Waals surface area contributed by atoms with E-state index in [-0.39, 0.29) is 36.7 Å². The number of hydrogen-bond acceptors (Lipinski definition) is 2. The molecule has 1 aromatic carbocycles. The fourth-order valence-corrected chi connectivity index (χ4v) is 3.17. The standard InChI is InChI=1S/C17H23F3N2O.ClH/c1-11(12-5-7-14(8-6-12)17(18,19)20)9-16(23)22-15-4-2-3-13(15)10-21;/h5-8,11,13,15H,2-4,9-10,21H2,1H3,(H,22,23);1H. The third kappa shape index (κ3) is 5.38. The molecule has 1 saturated carbocycles. The Balaban J connectivity index is 0.00000288. The van der Waals surface area contributed by atoms with Gasteiger partial charge in [-0.3, -0.25) is 4.79 Å². The van der Waals surface area contributed by atoms with Crippen molar-refractivity contribution in [2.24, 2.45) is 11.7 Å². The molecule has 1 aliphatic carbocycles. The van der Waals surface area contributed by atoms with Crippen LogP contribution in [0.4, 0.5) is 13.2 Å². The van der Waals surface area contributed by atoms with Gasteiger partial charge in [0, 0.05) is 12.5 Å². The molecule has 0 spiro atoms. The molecular formula is C17H24ClF3N2O. The lowest BCUT2D eigenvalue weighted by atomic mass is 9.95. The second kappa shape index (κ2) is 8.72. The second-order valence-corrected chi connectivity index (χ2v) is 6.33. The van der Waals surface area contributed by atoms with Crippen LogP contribution in [-0.2, 0) is 11.0 Å². The molecule has 1 amide bonds. The van der Waals surface area contributed by atoms with Crippen molar-refractivity contribution in [1.29, 1.82) is 0 Å². The Morgan fingerprint density at radius 2 is 1.92 bits per heavy atom. The number of carbonyl (C=O) groups is 1. The minimum atomic E-state index is -4.33. The zero-order chi connectivity index (χ0) is 17.0. The Labute approximate surface area is 146 Å². The van der Waals surface area contributed by atoms with Gasteiger partial charge in [0.25, 0.3) is 0 Å². The number of nitrogens with two attached hydrogens (primary N) is 1. The van der Waals surface area contributed by atoms with Crippen molar-refractivity contribution in [3.8, 4) is 0 Å². The van der Waals surface area contributed by atoms with Crippen LogP contribution in [0, 0.1) is 5.92 Å². The second-order valence-electron chi connectivity index (χ2n) is 6.33. The summed E-state index contributed by atoms with van der Waals surface area (Å²) in [6.45, 7) is 2.41. The van der Waals surface area contributed by atoms with Gasteiger partial charge in [0.2, 0.25) is 5.91 Å². The van der Waals surface area contributed by atoms with Crippen molar-refractivity contribution in [2.45, 2.75) is 50.7 Å². The molecule has 3 atom stereocenters. The van der Waals surface area contributed by atoms with Crippen molar-refractivity contribution < 1.29 is 18.0 Å². The normalized spacial score (nSPS) is 21.9. The van der Waals surface area contributed by atoms with Gasteiger partial charge in [-0.25, -0.2) is 0 Å². The summed E-state index contributed by atoms with van der Waals surface area (Å²) in [5, 5.41) is 3.02. The molecule has 0 bridgehead atoms. The van der Waals surface area contributed by atoms with Crippen LogP contribution in [0.5, 0.6) is 0 Å². The summed E-state index contributed by atoms with van der Waals surface area (Å²) in [5.74, 6) is 0.137. The first-order chi connectivity index (χ1) is 10.8. The zero-order valence-electron chi connectivity index (χ0n) is 13.6. The number of amides is 1. The topological polar surface area (TPSA) is 55.1 Å². The molecule has 3 unspecified atom stereocenters. The van der Waals surface area contributed by atoms with Crippen LogP contribution in [0.1, 0.15) is 49.7 Å². The number of alkyl halides is 3. The van der Waals surface area contributed by atoms with Gasteiger partial charge in [0.15, 0.2) is 0 Å². The van der Waals surface area contributed by atoms with Crippen LogP contribution in [-0.4, -0.2) is 18.5 Å². The monoisotopic (exact) mass is 364 g/mol. The Morgan fingerprint density at radius 1 is 1.29 bits per heavy atom. The maximum Gasteiger partial charge on any atom is 0.416 e. The first-order valence-electron chi connectivity index (χ1n) is 7.98. The lowest BCUT2D eigenvalue weighted by Gasteiger charge is -2.21. The minimum absolute atomic E-state index is 0. The minimum Gasteiger partial charge on any atom is -0.353 e. The quantitative estimate of drug-likeness (QED) is 0.833. The van der Waals surface area contributed by atoms with Crippen LogP contribution in [0.15, 0.2) is 24.3 Å². The summed E-state index contributed by atoms with van der Waals surface area (Å²) in [6, 6.07) is 5.14. The Hall–Kier alpha value is -1.27. The van der Waals surface area contributed by atoms with Gasteiger partial charge in [-0.15, -0.1) is 12.4 Å². The first-order valence-corrected chi connectivity index (χ1v) is 7.98. The molecule has 0 heterocycles. The fraction of sp³-hybridized carbons (Fsp3) is 0.588. The van der Waals surface area contributed by atoms with Crippen molar-refractivity contribution >= 4 is 18.3 Å². The van der Waals surface area contributed by atoms with E-state index in [9.17, 15) is 18.0 Å². The van der Waals surface area contributed by atoms with E-state index in [2.05, 4.69) is 5.32 Å². The highest BCUT2D eigenvalue weighted by Crippen LogP contribution is 2.31. The number of rotatable bonds is 5. The van der Waals surface area contributed by atoms with Crippen LogP contribution in [0.25, 0.3) is 0 Å². The first kappa shape index (κ1) is 20.8. The Bertz CT molecular complexity index is 534. The van der Waals surface area contributed by atoms with E-state index in [0.717, 1.165) is 37.0 Å². The molecule has 0 saturated heterocycles. The molecule has 0 aliphatic heterocycles. The van der Waals surface area contributed by atoms with Crippen LogP contribution in [0.3, 0.4) is 0 Å². The maximum atomic E-state index is 12.6. The molecular weight excluding hydrogens is 341 g/mol. The van der Waals surface area contributed by atoms with E-state index in [1.165, 1.54) is 12.1 Å². The van der Waals surface area contributed by atoms with Gasteiger partial charge >= 0.3 is 6.18 Å². The average Bonchev–Trinajstić information content (AvgIpc) is 2.93. The van der Waals surface area contributed by atoms with Gasteiger partial charge in [0.05, 0.1) is 5.56 Å². The fourth-order valence-electron chi connectivity index (χ4n) is 3.17. The molecule has 0 aromatic heterocycles. The maximum absolute atomic E-state index is 12.6. The number of nitrogens with one attached hydrogen (secondary N) is 1. The summed E-state index contributed by atoms with van der Waals surface area (Å²) in [6.07, 6.45) is -1.02. The SMILES string of the molecule is CC(CC(=O)NC1CCCC1CN)c1ccc(C(F)(F)F)cc1.Cl. The molecule has 3 nitrogen and oxygen atoms in total. The Kier molecular flexibility index (Phi) is 7.55. The van der Waals surface area contributed by atoms with E-state index >= 15 is 0 Å². The molecule has 0 radical (unpaired) electrons. The third-order valence-electron chi connectivity index (χ3n) is 4.61. The van der Waals surface area contributed by atoms with Gasteiger partial charge in [-0.2, -0.15) is 13.2 Å². The van der Waals surface area contributed by atoms with E-state index in [0.29, 0.717) is 12.5 Å². The highest BCUT2D eigenvalue weighted by molar-refractivity contribution is 5.85. The van der Waals surface area contributed by atoms with E-state index < -0.39 is 11.7 Å². The highest BCUT2D eigenvalue weighted by atomic mass is 35.5. The predicted molar refractivity (Wildman–Crippen MR) is 90.1 cm³/mol. The van der Waals surface area contributed by atoms with Gasteiger partial charge in [-0.1, -0.05) is 25.5 Å².